The first-order valence-corrected chi connectivity index (χ1v) is 7.83. The summed E-state index contributed by atoms with van der Waals surface area (Å²) in [7, 11) is 0. The normalized spacial score (nSPS) is 18.0. The molecule has 9 heteroatoms. The quantitative estimate of drug-likeness (QED) is 0.741. The third-order valence-corrected chi connectivity index (χ3v) is 3.79. The number of fused-ring (bicyclic) bond motifs is 1. The highest BCUT2D eigenvalue weighted by atomic mass is 16.7. The van der Waals surface area contributed by atoms with Crippen LogP contribution in [0, 0.1) is 0 Å². The number of benzene rings is 1. The Balaban J connectivity index is 1.58. The van der Waals surface area contributed by atoms with Gasteiger partial charge in [-0.05, 0) is 24.6 Å². The molecule has 0 spiro atoms. The van der Waals surface area contributed by atoms with E-state index in [-0.39, 0.29) is 33.1 Å². The number of rotatable bonds is 6. The first-order valence-electron chi connectivity index (χ1n) is 7.83. The van der Waals surface area contributed by atoms with Crippen molar-refractivity contribution in [2.45, 2.75) is 19.5 Å². The number of hydrogen-bond donors (Lipinski definition) is 1. The molecule has 1 fully saturated rings. The Kier molecular flexibility index (Phi) is 4.92. The van der Waals surface area contributed by atoms with Crippen molar-refractivity contribution in [3.63, 3.8) is 0 Å². The average molecular weight is 350 g/mol. The molecule has 0 bridgehead atoms. The van der Waals surface area contributed by atoms with Crippen LogP contribution in [-0.2, 0) is 25.6 Å². The van der Waals surface area contributed by atoms with Crippen LogP contribution in [0.3, 0.4) is 0 Å². The molecule has 2 amide bonds. The van der Waals surface area contributed by atoms with E-state index in [0.29, 0.717) is 11.5 Å². The molecule has 1 aromatic carbocycles. The van der Waals surface area contributed by atoms with Crippen molar-refractivity contribution in [3.05, 3.63) is 23.8 Å². The van der Waals surface area contributed by atoms with E-state index in [1.165, 1.54) is 0 Å². The predicted octanol–water partition coefficient (Wildman–Crippen LogP) is 0.415. The van der Waals surface area contributed by atoms with Gasteiger partial charge in [0.05, 0.1) is 6.61 Å². The van der Waals surface area contributed by atoms with Crippen molar-refractivity contribution in [3.8, 4) is 11.5 Å². The maximum Gasteiger partial charge on any atom is 0.411 e. The minimum absolute atomic E-state index is 0.106. The van der Waals surface area contributed by atoms with Crippen molar-refractivity contribution in [1.82, 2.24) is 10.2 Å². The smallest absolute Gasteiger partial charge is 0.411 e. The number of carbonyl (C=O) groups excluding carboxylic acids is 3. The minimum atomic E-state index is -0.870. The van der Waals surface area contributed by atoms with Crippen LogP contribution < -0.4 is 14.8 Å². The van der Waals surface area contributed by atoms with Gasteiger partial charge < -0.3 is 24.3 Å². The highest BCUT2D eigenvalue weighted by molar-refractivity contribution is 5.90. The Morgan fingerprint density at radius 1 is 1.28 bits per heavy atom. The molecule has 2 aliphatic heterocycles. The van der Waals surface area contributed by atoms with Crippen molar-refractivity contribution in [1.29, 1.82) is 0 Å². The third kappa shape index (κ3) is 3.76. The average Bonchev–Trinajstić information content (AvgIpc) is 3.20. The number of esters is 1. The lowest BCUT2D eigenvalue weighted by atomic mass is 10.2. The molecule has 0 radical (unpaired) electrons. The Labute approximate surface area is 143 Å². The summed E-state index contributed by atoms with van der Waals surface area (Å²) in [6.45, 7) is 1.85. The zero-order valence-electron chi connectivity index (χ0n) is 13.6. The van der Waals surface area contributed by atoms with Crippen LogP contribution in [0.2, 0.25) is 0 Å². The Morgan fingerprint density at radius 3 is 2.88 bits per heavy atom. The Bertz CT molecular complexity index is 691. The van der Waals surface area contributed by atoms with E-state index in [9.17, 15) is 14.4 Å². The fourth-order valence-corrected chi connectivity index (χ4v) is 2.55. The number of nitrogens with zero attached hydrogens (tertiary/aromatic N) is 1. The van der Waals surface area contributed by atoms with Gasteiger partial charge in [0.15, 0.2) is 11.5 Å². The van der Waals surface area contributed by atoms with Gasteiger partial charge in [0.25, 0.3) is 0 Å². The SMILES string of the molecule is CCOC(=O)CN1C(=O)OC[C@H]1C(=O)NCc1ccc2c(c1)OCO2. The molecule has 25 heavy (non-hydrogen) atoms. The summed E-state index contributed by atoms with van der Waals surface area (Å²) in [5.74, 6) is 0.281. The highest BCUT2D eigenvalue weighted by Crippen LogP contribution is 2.32. The van der Waals surface area contributed by atoms with Gasteiger partial charge in [0.2, 0.25) is 12.7 Å². The zero-order valence-corrected chi connectivity index (χ0v) is 13.6. The fourth-order valence-electron chi connectivity index (χ4n) is 2.55. The highest BCUT2D eigenvalue weighted by Gasteiger charge is 2.39. The summed E-state index contributed by atoms with van der Waals surface area (Å²) < 4.78 is 20.2. The standard InChI is InChI=1S/C16H18N2O7/c1-2-22-14(19)7-18-11(8-23-16(18)21)15(20)17-6-10-3-4-12-13(5-10)25-9-24-12/h3-5,11H,2,6-9H2,1H3,(H,17,20)/t11-/m0/s1. The molecule has 0 unspecified atom stereocenters. The lowest BCUT2D eigenvalue weighted by molar-refractivity contribution is -0.144. The number of amides is 2. The molecular formula is C16H18N2O7. The molecule has 0 saturated carbocycles. The first-order chi connectivity index (χ1) is 12.1. The van der Waals surface area contributed by atoms with E-state index >= 15 is 0 Å². The molecule has 1 aromatic rings. The lowest BCUT2D eigenvalue weighted by Crippen LogP contribution is -2.47. The molecule has 1 atom stereocenters. The summed E-state index contributed by atoms with van der Waals surface area (Å²) in [6, 6.07) is 4.47. The van der Waals surface area contributed by atoms with Crippen molar-refractivity contribution < 1.29 is 33.3 Å². The number of carbonyl (C=O) groups is 3. The number of cyclic esters (lactones) is 1. The fraction of sp³-hybridized carbons (Fsp3) is 0.438. The van der Waals surface area contributed by atoms with Crippen molar-refractivity contribution in [2.75, 3.05) is 26.6 Å². The maximum absolute atomic E-state index is 12.4. The largest absolute Gasteiger partial charge is 0.465 e. The van der Waals surface area contributed by atoms with Gasteiger partial charge >= 0.3 is 12.1 Å². The van der Waals surface area contributed by atoms with Gasteiger partial charge in [-0.2, -0.15) is 0 Å². The number of nitrogens with one attached hydrogen (secondary N) is 1. The molecule has 2 heterocycles. The molecule has 9 nitrogen and oxygen atoms in total. The van der Waals surface area contributed by atoms with Crippen LogP contribution in [0.1, 0.15) is 12.5 Å². The summed E-state index contributed by atoms with van der Waals surface area (Å²) >= 11 is 0. The number of ether oxygens (including phenoxy) is 4. The Hall–Kier alpha value is -2.97. The van der Waals surface area contributed by atoms with Crippen LogP contribution in [0.15, 0.2) is 18.2 Å². The molecule has 0 aromatic heterocycles. The first kappa shape index (κ1) is 16.9. The predicted molar refractivity (Wildman–Crippen MR) is 82.9 cm³/mol. The molecular weight excluding hydrogens is 332 g/mol. The zero-order chi connectivity index (χ0) is 17.8. The van der Waals surface area contributed by atoms with E-state index in [0.717, 1.165) is 10.5 Å². The lowest BCUT2D eigenvalue weighted by Gasteiger charge is -2.19. The van der Waals surface area contributed by atoms with Gasteiger partial charge in [-0.1, -0.05) is 6.07 Å². The Morgan fingerprint density at radius 2 is 2.08 bits per heavy atom. The van der Waals surface area contributed by atoms with Crippen molar-refractivity contribution in [2.24, 2.45) is 0 Å². The van der Waals surface area contributed by atoms with Crippen LogP contribution in [0.4, 0.5) is 4.79 Å². The second-order valence-electron chi connectivity index (χ2n) is 5.43. The topological polar surface area (TPSA) is 103 Å². The van der Waals surface area contributed by atoms with E-state index in [4.69, 9.17) is 18.9 Å². The third-order valence-electron chi connectivity index (χ3n) is 3.79. The summed E-state index contributed by atoms with van der Waals surface area (Å²) in [5.41, 5.74) is 0.819. The second kappa shape index (κ2) is 7.29. The molecule has 0 aliphatic carbocycles. The number of hydrogen-bond acceptors (Lipinski definition) is 7. The van der Waals surface area contributed by atoms with Gasteiger partial charge in [0.1, 0.15) is 19.2 Å². The molecule has 1 N–H and O–H groups in total. The molecule has 134 valence electrons. The van der Waals surface area contributed by atoms with Crippen molar-refractivity contribution >= 4 is 18.0 Å². The van der Waals surface area contributed by atoms with Crippen LogP contribution in [0.25, 0.3) is 0 Å². The monoisotopic (exact) mass is 350 g/mol. The van der Waals surface area contributed by atoms with E-state index < -0.39 is 24.0 Å². The van der Waals surface area contributed by atoms with Gasteiger partial charge in [-0.15, -0.1) is 0 Å². The molecule has 2 aliphatic rings. The van der Waals surface area contributed by atoms with Crippen LogP contribution in [0.5, 0.6) is 11.5 Å². The van der Waals surface area contributed by atoms with Crippen LogP contribution in [-0.4, -0.2) is 55.5 Å². The molecule has 3 rings (SSSR count). The van der Waals surface area contributed by atoms with Gasteiger partial charge in [-0.25, -0.2) is 4.79 Å². The minimum Gasteiger partial charge on any atom is -0.465 e. The summed E-state index contributed by atoms with van der Waals surface area (Å²) in [4.78, 5) is 36.7. The van der Waals surface area contributed by atoms with E-state index in [2.05, 4.69) is 5.32 Å². The van der Waals surface area contributed by atoms with Gasteiger partial charge in [-0.3, -0.25) is 14.5 Å². The second-order valence-corrected chi connectivity index (χ2v) is 5.43. The molecule has 1 saturated heterocycles. The summed E-state index contributed by atoms with van der Waals surface area (Å²) in [5, 5.41) is 2.73. The van der Waals surface area contributed by atoms with E-state index in [1.54, 1.807) is 25.1 Å². The van der Waals surface area contributed by atoms with Crippen LogP contribution >= 0.6 is 0 Å². The maximum atomic E-state index is 12.4. The van der Waals surface area contributed by atoms with E-state index in [1.807, 2.05) is 0 Å². The summed E-state index contributed by atoms with van der Waals surface area (Å²) in [6.07, 6.45) is -0.712. The van der Waals surface area contributed by atoms with Gasteiger partial charge in [0, 0.05) is 6.54 Å².